The van der Waals surface area contributed by atoms with Gasteiger partial charge in [-0.25, -0.2) is 0 Å². The normalized spacial score (nSPS) is 16.9. The van der Waals surface area contributed by atoms with E-state index in [9.17, 15) is 4.79 Å². The van der Waals surface area contributed by atoms with E-state index in [4.69, 9.17) is 5.73 Å². The van der Waals surface area contributed by atoms with Gasteiger partial charge < -0.3 is 16.0 Å². The van der Waals surface area contributed by atoms with Gasteiger partial charge in [-0.05, 0) is 24.6 Å². The largest absolute Gasteiger partial charge is 0.352 e. The minimum absolute atomic E-state index is 0. The van der Waals surface area contributed by atoms with E-state index < -0.39 is 0 Å². The summed E-state index contributed by atoms with van der Waals surface area (Å²) in [5.74, 6) is -0.145. The highest BCUT2D eigenvalue weighted by atomic mass is 35.5. The Balaban J connectivity index is 0. The number of rotatable bonds is 7. The van der Waals surface area contributed by atoms with Crippen molar-refractivity contribution in [2.45, 2.75) is 39.9 Å². The first-order valence-electron chi connectivity index (χ1n) is 9.05. The lowest BCUT2D eigenvalue weighted by Crippen LogP contribution is -2.45. The van der Waals surface area contributed by atoms with E-state index in [2.05, 4.69) is 46.3 Å². The van der Waals surface area contributed by atoms with Crippen molar-refractivity contribution >= 4 is 43.1 Å². The first-order valence-corrected chi connectivity index (χ1v) is 9.05. The molecule has 0 saturated carbocycles. The summed E-state index contributed by atoms with van der Waals surface area (Å²) in [6.07, 6.45) is 0. The summed E-state index contributed by atoms with van der Waals surface area (Å²) >= 11 is 0. The molecule has 158 valence electrons. The lowest BCUT2D eigenvalue weighted by Gasteiger charge is -2.34. The predicted octanol–water partition coefficient (Wildman–Crippen LogP) is 2.69. The number of nitrogens with two attached hydrogens (primary N) is 1. The van der Waals surface area contributed by atoms with E-state index in [1.807, 2.05) is 13.8 Å². The number of benzene rings is 1. The van der Waals surface area contributed by atoms with Gasteiger partial charge in [-0.1, -0.05) is 38.1 Å². The van der Waals surface area contributed by atoms with Gasteiger partial charge in [0, 0.05) is 51.2 Å². The number of hydrogen-bond acceptors (Lipinski definition) is 4. The quantitative estimate of drug-likeness (QED) is 0.683. The standard InChI is InChI=1S/C19H32N4O.3ClH/c1-4-22-9-11-23(12-10-22)14-18-7-5-17(6-8-18)13-21-19(24)15(2)16(3)20;;;/h5-8,15-16H,4,9-14,20H2,1-3H3,(H,21,24);3*1H. The fourth-order valence-corrected chi connectivity index (χ4v) is 2.87. The average molecular weight is 442 g/mol. The van der Waals surface area contributed by atoms with E-state index >= 15 is 0 Å². The first-order chi connectivity index (χ1) is 11.5. The van der Waals surface area contributed by atoms with Crippen LogP contribution in [0.2, 0.25) is 0 Å². The van der Waals surface area contributed by atoms with Gasteiger partial charge in [-0.3, -0.25) is 9.69 Å². The second-order valence-corrected chi connectivity index (χ2v) is 6.89. The molecular formula is C19H35Cl3N4O. The van der Waals surface area contributed by atoms with Crippen molar-refractivity contribution in [3.63, 3.8) is 0 Å². The maximum absolute atomic E-state index is 11.9. The molecular weight excluding hydrogens is 407 g/mol. The molecule has 2 atom stereocenters. The Morgan fingerprint density at radius 3 is 1.96 bits per heavy atom. The van der Waals surface area contributed by atoms with E-state index in [-0.39, 0.29) is 55.1 Å². The molecule has 1 fully saturated rings. The summed E-state index contributed by atoms with van der Waals surface area (Å²) in [5.41, 5.74) is 8.22. The molecule has 0 aromatic heterocycles. The third kappa shape index (κ3) is 9.46. The Morgan fingerprint density at radius 1 is 1.00 bits per heavy atom. The molecule has 8 heteroatoms. The number of hydrogen-bond donors (Lipinski definition) is 2. The Morgan fingerprint density at radius 2 is 1.48 bits per heavy atom. The molecule has 1 heterocycles. The van der Waals surface area contributed by atoms with Crippen LogP contribution >= 0.6 is 37.2 Å². The summed E-state index contributed by atoms with van der Waals surface area (Å²) in [6.45, 7) is 13.3. The highest BCUT2D eigenvalue weighted by molar-refractivity contribution is 5.86. The summed E-state index contributed by atoms with van der Waals surface area (Å²) < 4.78 is 0. The minimum Gasteiger partial charge on any atom is -0.352 e. The number of nitrogens with one attached hydrogen (secondary N) is 1. The van der Waals surface area contributed by atoms with Gasteiger partial charge in [0.05, 0.1) is 0 Å². The van der Waals surface area contributed by atoms with Crippen molar-refractivity contribution in [1.29, 1.82) is 0 Å². The molecule has 0 aliphatic carbocycles. The van der Waals surface area contributed by atoms with Crippen LogP contribution in [-0.4, -0.2) is 54.5 Å². The molecule has 0 spiro atoms. The monoisotopic (exact) mass is 440 g/mol. The van der Waals surface area contributed by atoms with Gasteiger partial charge in [0.15, 0.2) is 0 Å². The summed E-state index contributed by atoms with van der Waals surface area (Å²) in [7, 11) is 0. The zero-order valence-corrected chi connectivity index (χ0v) is 19.0. The van der Waals surface area contributed by atoms with Crippen LogP contribution in [0.5, 0.6) is 0 Å². The molecule has 0 bridgehead atoms. The van der Waals surface area contributed by atoms with E-state index in [1.54, 1.807) is 0 Å². The van der Waals surface area contributed by atoms with Gasteiger partial charge in [-0.15, -0.1) is 37.2 Å². The number of amides is 1. The molecule has 2 unspecified atom stereocenters. The van der Waals surface area contributed by atoms with Gasteiger partial charge in [0.2, 0.25) is 5.91 Å². The molecule has 2 rings (SSSR count). The molecule has 1 saturated heterocycles. The van der Waals surface area contributed by atoms with Crippen LogP contribution in [0.15, 0.2) is 24.3 Å². The number of piperazine rings is 1. The van der Waals surface area contributed by atoms with Gasteiger partial charge >= 0.3 is 0 Å². The fourth-order valence-electron chi connectivity index (χ4n) is 2.87. The van der Waals surface area contributed by atoms with Crippen molar-refractivity contribution in [1.82, 2.24) is 15.1 Å². The van der Waals surface area contributed by atoms with Gasteiger partial charge in [0.25, 0.3) is 0 Å². The molecule has 5 nitrogen and oxygen atoms in total. The Kier molecular flexibility index (Phi) is 15.3. The van der Waals surface area contributed by atoms with E-state index in [0.29, 0.717) is 6.54 Å². The third-order valence-electron chi connectivity index (χ3n) is 5.01. The van der Waals surface area contributed by atoms with E-state index in [1.165, 1.54) is 18.7 Å². The van der Waals surface area contributed by atoms with Crippen molar-refractivity contribution < 1.29 is 4.79 Å². The van der Waals surface area contributed by atoms with Crippen LogP contribution in [0.4, 0.5) is 0 Å². The van der Waals surface area contributed by atoms with Crippen LogP contribution < -0.4 is 11.1 Å². The van der Waals surface area contributed by atoms with Crippen molar-refractivity contribution in [2.24, 2.45) is 11.7 Å². The molecule has 1 amide bonds. The number of likely N-dealkylation sites (N-methyl/N-ethyl adjacent to an activating group) is 1. The van der Waals surface area contributed by atoms with Crippen molar-refractivity contribution in [3.05, 3.63) is 35.4 Å². The molecule has 27 heavy (non-hydrogen) atoms. The highest BCUT2D eigenvalue weighted by Gasteiger charge is 2.17. The van der Waals surface area contributed by atoms with Crippen LogP contribution in [0.25, 0.3) is 0 Å². The second-order valence-electron chi connectivity index (χ2n) is 6.89. The lowest BCUT2D eigenvalue weighted by molar-refractivity contribution is -0.125. The minimum atomic E-state index is -0.161. The topological polar surface area (TPSA) is 61.6 Å². The van der Waals surface area contributed by atoms with Crippen LogP contribution in [0.1, 0.15) is 31.9 Å². The Bertz CT molecular complexity index is 520. The maximum atomic E-state index is 11.9. The van der Waals surface area contributed by atoms with Gasteiger partial charge in [-0.2, -0.15) is 0 Å². The number of nitrogens with zero attached hydrogens (tertiary/aromatic N) is 2. The summed E-state index contributed by atoms with van der Waals surface area (Å²) in [6, 6.07) is 8.43. The van der Waals surface area contributed by atoms with Crippen molar-refractivity contribution in [2.75, 3.05) is 32.7 Å². The van der Waals surface area contributed by atoms with Gasteiger partial charge in [0.1, 0.15) is 0 Å². The molecule has 0 radical (unpaired) electrons. The molecule has 1 aliphatic heterocycles. The smallest absolute Gasteiger partial charge is 0.224 e. The zero-order chi connectivity index (χ0) is 17.5. The Labute approximate surface area is 182 Å². The average Bonchev–Trinajstić information content (AvgIpc) is 2.60. The van der Waals surface area contributed by atoms with Crippen LogP contribution in [0, 0.1) is 5.92 Å². The van der Waals surface area contributed by atoms with Crippen LogP contribution in [0.3, 0.4) is 0 Å². The second kappa shape index (κ2) is 14.4. The Hall–Kier alpha value is -0.560. The SMILES string of the molecule is CCN1CCN(Cc2ccc(CNC(=O)C(C)C(C)N)cc2)CC1.Cl.Cl.Cl. The predicted molar refractivity (Wildman–Crippen MR) is 120 cm³/mol. The van der Waals surface area contributed by atoms with Crippen LogP contribution in [-0.2, 0) is 17.9 Å². The molecule has 1 aromatic rings. The number of halogens is 3. The lowest BCUT2D eigenvalue weighted by atomic mass is 10.0. The first kappa shape index (κ1) is 28.6. The molecule has 3 N–H and O–H groups in total. The zero-order valence-electron chi connectivity index (χ0n) is 16.5. The fraction of sp³-hybridized carbons (Fsp3) is 0.632. The molecule has 1 aromatic carbocycles. The number of carbonyl (C=O) groups is 1. The summed E-state index contributed by atoms with van der Waals surface area (Å²) in [4.78, 5) is 16.9. The van der Waals surface area contributed by atoms with Crippen molar-refractivity contribution in [3.8, 4) is 0 Å². The highest BCUT2D eigenvalue weighted by Crippen LogP contribution is 2.10. The van der Waals surface area contributed by atoms with E-state index in [0.717, 1.165) is 31.7 Å². The number of carbonyl (C=O) groups excluding carboxylic acids is 1. The third-order valence-corrected chi connectivity index (χ3v) is 5.01. The summed E-state index contributed by atoms with van der Waals surface area (Å²) in [5, 5.41) is 2.96. The molecule has 1 aliphatic rings. The maximum Gasteiger partial charge on any atom is 0.224 e.